The summed E-state index contributed by atoms with van der Waals surface area (Å²) in [5, 5.41) is 0. The molecule has 0 amide bonds. The van der Waals surface area contributed by atoms with Crippen molar-refractivity contribution in [2.75, 3.05) is 0 Å². The number of rotatable bonds is 2. The topological polar surface area (TPSA) is 43.3 Å². The SMILES string of the molecule is NCc1cc2cc(-c3ccc(Cl)s3)cn2cn1. The van der Waals surface area contributed by atoms with Gasteiger partial charge >= 0.3 is 0 Å². The Morgan fingerprint density at radius 2 is 2.24 bits per heavy atom. The van der Waals surface area contributed by atoms with Gasteiger partial charge in [0, 0.05) is 28.7 Å². The summed E-state index contributed by atoms with van der Waals surface area (Å²) in [5.74, 6) is 0. The monoisotopic (exact) mass is 263 g/mol. The number of nitrogens with zero attached hydrogens (tertiary/aromatic N) is 2. The average molecular weight is 264 g/mol. The highest BCUT2D eigenvalue weighted by molar-refractivity contribution is 7.19. The third kappa shape index (κ3) is 1.95. The van der Waals surface area contributed by atoms with E-state index in [0.717, 1.165) is 26.0 Å². The normalized spacial score (nSPS) is 11.2. The lowest BCUT2D eigenvalue weighted by Crippen LogP contribution is -2.00. The van der Waals surface area contributed by atoms with Crippen LogP contribution in [0.15, 0.2) is 36.8 Å². The van der Waals surface area contributed by atoms with Crippen molar-refractivity contribution in [2.45, 2.75) is 6.54 Å². The van der Waals surface area contributed by atoms with Crippen molar-refractivity contribution in [1.82, 2.24) is 9.38 Å². The van der Waals surface area contributed by atoms with Crippen molar-refractivity contribution in [3.8, 4) is 10.4 Å². The highest BCUT2D eigenvalue weighted by Crippen LogP contribution is 2.32. The zero-order valence-electron chi connectivity index (χ0n) is 8.93. The summed E-state index contributed by atoms with van der Waals surface area (Å²) in [6.07, 6.45) is 3.83. The molecule has 0 saturated carbocycles. The van der Waals surface area contributed by atoms with Crippen molar-refractivity contribution in [3.63, 3.8) is 0 Å². The van der Waals surface area contributed by atoms with Crippen LogP contribution in [0.4, 0.5) is 0 Å². The molecule has 3 aromatic heterocycles. The third-order valence-electron chi connectivity index (χ3n) is 2.61. The maximum atomic E-state index is 5.94. The second-order valence-electron chi connectivity index (χ2n) is 3.75. The van der Waals surface area contributed by atoms with Crippen LogP contribution in [-0.2, 0) is 6.54 Å². The molecule has 17 heavy (non-hydrogen) atoms. The van der Waals surface area contributed by atoms with Crippen LogP contribution < -0.4 is 5.73 Å². The van der Waals surface area contributed by atoms with Crippen LogP contribution in [0.25, 0.3) is 16.0 Å². The lowest BCUT2D eigenvalue weighted by Gasteiger charge is -1.96. The fourth-order valence-electron chi connectivity index (χ4n) is 1.77. The first-order valence-corrected chi connectivity index (χ1v) is 6.38. The number of fused-ring (bicyclic) bond motifs is 1. The molecular formula is C12H10ClN3S. The van der Waals surface area contributed by atoms with E-state index in [0.29, 0.717) is 6.54 Å². The number of thiophene rings is 1. The molecule has 2 N–H and O–H groups in total. The number of nitrogens with two attached hydrogens (primary N) is 1. The minimum Gasteiger partial charge on any atom is -0.325 e. The van der Waals surface area contributed by atoms with Gasteiger partial charge in [0.15, 0.2) is 0 Å². The highest BCUT2D eigenvalue weighted by atomic mass is 35.5. The molecule has 3 rings (SSSR count). The second kappa shape index (κ2) is 4.14. The van der Waals surface area contributed by atoms with E-state index in [9.17, 15) is 0 Å². The van der Waals surface area contributed by atoms with Gasteiger partial charge in [-0.2, -0.15) is 0 Å². The molecule has 5 heteroatoms. The van der Waals surface area contributed by atoms with E-state index in [1.165, 1.54) is 0 Å². The summed E-state index contributed by atoms with van der Waals surface area (Å²) in [6, 6.07) is 8.05. The molecule has 0 unspecified atom stereocenters. The Kier molecular flexibility index (Phi) is 2.63. The Bertz CT molecular complexity index is 671. The van der Waals surface area contributed by atoms with E-state index < -0.39 is 0 Å². The molecule has 0 aliphatic rings. The van der Waals surface area contributed by atoms with Gasteiger partial charge in [0.25, 0.3) is 0 Å². The summed E-state index contributed by atoms with van der Waals surface area (Å²) < 4.78 is 2.79. The fraction of sp³-hybridized carbons (Fsp3) is 0.0833. The minimum absolute atomic E-state index is 0.460. The number of aromatic nitrogens is 2. The predicted octanol–water partition coefficient (Wildman–Crippen LogP) is 3.17. The summed E-state index contributed by atoms with van der Waals surface area (Å²) in [4.78, 5) is 5.41. The van der Waals surface area contributed by atoms with Crippen LogP contribution in [0.1, 0.15) is 5.69 Å². The van der Waals surface area contributed by atoms with E-state index in [1.54, 1.807) is 17.7 Å². The third-order valence-corrected chi connectivity index (χ3v) is 3.89. The van der Waals surface area contributed by atoms with Crippen molar-refractivity contribution < 1.29 is 0 Å². The van der Waals surface area contributed by atoms with Crippen LogP contribution in [-0.4, -0.2) is 9.38 Å². The van der Waals surface area contributed by atoms with Gasteiger partial charge in [-0.25, -0.2) is 4.98 Å². The molecule has 0 aliphatic heterocycles. The maximum Gasteiger partial charge on any atom is 0.0994 e. The fourth-order valence-corrected chi connectivity index (χ4v) is 2.80. The van der Waals surface area contributed by atoms with Gasteiger partial charge < -0.3 is 10.1 Å². The van der Waals surface area contributed by atoms with Gasteiger partial charge in [-0.15, -0.1) is 11.3 Å². The summed E-state index contributed by atoms with van der Waals surface area (Å²) in [7, 11) is 0. The highest BCUT2D eigenvalue weighted by Gasteiger charge is 2.05. The average Bonchev–Trinajstić information content (AvgIpc) is 2.93. The van der Waals surface area contributed by atoms with Gasteiger partial charge in [0.1, 0.15) is 0 Å². The molecule has 3 nitrogen and oxygen atoms in total. The van der Waals surface area contributed by atoms with Gasteiger partial charge in [-0.1, -0.05) is 11.6 Å². The van der Waals surface area contributed by atoms with E-state index in [2.05, 4.69) is 11.1 Å². The van der Waals surface area contributed by atoms with Gasteiger partial charge in [-0.3, -0.25) is 0 Å². The molecule has 3 heterocycles. The number of hydrogen-bond donors (Lipinski definition) is 1. The second-order valence-corrected chi connectivity index (χ2v) is 5.46. The Morgan fingerprint density at radius 3 is 2.94 bits per heavy atom. The molecule has 0 atom stereocenters. The molecule has 0 saturated heterocycles. The van der Waals surface area contributed by atoms with Crippen molar-refractivity contribution in [2.24, 2.45) is 5.73 Å². The maximum absolute atomic E-state index is 5.94. The van der Waals surface area contributed by atoms with E-state index in [4.69, 9.17) is 17.3 Å². The van der Waals surface area contributed by atoms with Crippen LogP contribution in [0.3, 0.4) is 0 Å². The Labute approximate surface area is 107 Å². The van der Waals surface area contributed by atoms with Crippen LogP contribution in [0, 0.1) is 0 Å². The zero-order valence-corrected chi connectivity index (χ0v) is 10.5. The summed E-state index contributed by atoms with van der Waals surface area (Å²) in [5.41, 5.74) is 8.72. The van der Waals surface area contributed by atoms with E-state index >= 15 is 0 Å². The standard InChI is InChI=1S/C12H10ClN3S/c13-12-2-1-11(17-12)8-3-10-4-9(5-14)15-7-16(10)6-8/h1-4,6-7H,5,14H2. The quantitative estimate of drug-likeness (QED) is 0.772. The van der Waals surface area contributed by atoms with Crippen LogP contribution in [0.5, 0.6) is 0 Å². The first-order chi connectivity index (χ1) is 8.26. The molecule has 86 valence electrons. The predicted molar refractivity (Wildman–Crippen MR) is 71.4 cm³/mol. The Hall–Kier alpha value is -1.36. The summed E-state index contributed by atoms with van der Waals surface area (Å²) >= 11 is 7.51. The van der Waals surface area contributed by atoms with Crippen LogP contribution in [0.2, 0.25) is 4.34 Å². The molecule has 0 spiro atoms. The zero-order chi connectivity index (χ0) is 11.8. The van der Waals surface area contributed by atoms with Gasteiger partial charge in [0.05, 0.1) is 16.4 Å². The molecule has 0 bridgehead atoms. The smallest absolute Gasteiger partial charge is 0.0994 e. The number of hydrogen-bond acceptors (Lipinski definition) is 3. The number of halogens is 1. The molecule has 0 aromatic carbocycles. The summed E-state index contributed by atoms with van der Waals surface area (Å²) in [6.45, 7) is 0.460. The van der Waals surface area contributed by atoms with Crippen molar-refractivity contribution >= 4 is 28.5 Å². The van der Waals surface area contributed by atoms with Crippen LogP contribution >= 0.6 is 22.9 Å². The van der Waals surface area contributed by atoms with E-state index in [-0.39, 0.29) is 0 Å². The minimum atomic E-state index is 0.460. The first-order valence-electron chi connectivity index (χ1n) is 5.18. The Morgan fingerprint density at radius 1 is 1.35 bits per heavy atom. The van der Waals surface area contributed by atoms with Gasteiger partial charge in [-0.05, 0) is 24.3 Å². The lowest BCUT2D eigenvalue weighted by atomic mass is 10.2. The van der Waals surface area contributed by atoms with Crippen molar-refractivity contribution in [3.05, 3.63) is 46.8 Å². The molecule has 0 radical (unpaired) electrons. The molecule has 3 aromatic rings. The molecule has 0 aliphatic carbocycles. The Balaban J connectivity index is 2.13. The first kappa shape index (κ1) is 10.8. The molecular weight excluding hydrogens is 254 g/mol. The lowest BCUT2D eigenvalue weighted by molar-refractivity contribution is 0.953. The van der Waals surface area contributed by atoms with Crippen molar-refractivity contribution in [1.29, 1.82) is 0 Å². The van der Waals surface area contributed by atoms with Gasteiger partial charge in [0.2, 0.25) is 0 Å². The molecule has 0 fully saturated rings. The van der Waals surface area contributed by atoms with E-state index in [1.807, 2.05) is 28.8 Å². The largest absolute Gasteiger partial charge is 0.325 e.